The third kappa shape index (κ3) is 2.65. The van der Waals surface area contributed by atoms with Gasteiger partial charge in [0.15, 0.2) is 0 Å². The van der Waals surface area contributed by atoms with Crippen LogP contribution in [0.2, 0.25) is 4.34 Å². The highest BCUT2D eigenvalue weighted by Crippen LogP contribution is 2.30. The fraction of sp³-hybridized carbons (Fsp3) is 0.556. The van der Waals surface area contributed by atoms with Crippen molar-refractivity contribution in [1.29, 1.82) is 0 Å². The summed E-state index contributed by atoms with van der Waals surface area (Å²) in [7, 11) is 0. The lowest BCUT2D eigenvalue weighted by atomic mass is 9.89. The van der Waals surface area contributed by atoms with E-state index in [2.05, 4.69) is 19.9 Å². The normalized spacial score (nSPS) is 12.0. The summed E-state index contributed by atoms with van der Waals surface area (Å²) in [6.45, 7) is 4.29. The van der Waals surface area contributed by atoms with Gasteiger partial charge < -0.3 is 0 Å². The molecule has 0 aromatic carbocycles. The second-order valence-electron chi connectivity index (χ2n) is 3.69. The first kappa shape index (κ1) is 10.4. The quantitative estimate of drug-likeness (QED) is 0.673. The molecule has 3 heteroatoms. The Balaban J connectivity index is 2.70. The van der Waals surface area contributed by atoms with Crippen molar-refractivity contribution in [3.63, 3.8) is 0 Å². The summed E-state index contributed by atoms with van der Waals surface area (Å²) in [5.74, 6) is 0.666. The molecule has 12 heavy (non-hydrogen) atoms. The van der Waals surface area contributed by atoms with Crippen molar-refractivity contribution < 1.29 is 0 Å². The van der Waals surface area contributed by atoms with E-state index >= 15 is 0 Å². The minimum atomic E-state index is 0.145. The van der Waals surface area contributed by atoms with Gasteiger partial charge in [0, 0.05) is 5.88 Å². The molecule has 0 atom stereocenters. The van der Waals surface area contributed by atoms with E-state index in [9.17, 15) is 0 Å². The lowest BCUT2D eigenvalue weighted by molar-refractivity contribution is 0.419. The minimum Gasteiger partial charge on any atom is -0.132 e. The second kappa shape index (κ2) is 3.99. The predicted molar refractivity (Wildman–Crippen MR) is 57.5 cm³/mol. The van der Waals surface area contributed by atoms with Crippen LogP contribution in [0.25, 0.3) is 0 Å². The monoisotopic (exact) mass is 222 g/mol. The molecule has 1 aromatic heterocycles. The molecule has 1 heterocycles. The molecule has 0 radical (unpaired) electrons. The van der Waals surface area contributed by atoms with Gasteiger partial charge in [-0.15, -0.1) is 22.9 Å². The van der Waals surface area contributed by atoms with Gasteiger partial charge in [0.2, 0.25) is 0 Å². The molecule has 0 fully saturated rings. The highest BCUT2D eigenvalue weighted by atomic mass is 35.5. The molecule has 0 amide bonds. The lowest BCUT2D eigenvalue weighted by Gasteiger charge is -2.20. The molecule has 0 aliphatic rings. The fourth-order valence-corrected chi connectivity index (χ4v) is 2.03. The third-order valence-electron chi connectivity index (χ3n) is 1.72. The molecular weight excluding hydrogens is 211 g/mol. The number of hydrogen-bond donors (Lipinski definition) is 0. The summed E-state index contributed by atoms with van der Waals surface area (Å²) in [6.07, 6.45) is 0.957. The van der Waals surface area contributed by atoms with E-state index in [0.29, 0.717) is 5.88 Å². The smallest absolute Gasteiger partial charge is 0.0960 e. The Kier molecular flexibility index (Phi) is 3.45. The molecule has 0 N–H and O–H groups in total. The molecule has 0 spiro atoms. The first-order chi connectivity index (χ1) is 5.55. The van der Waals surface area contributed by atoms with E-state index < -0.39 is 0 Å². The zero-order valence-electron chi connectivity index (χ0n) is 7.23. The molecule has 0 bridgehead atoms. The van der Waals surface area contributed by atoms with E-state index in [1.807, 2.05) is 5.38 Å². The topological polar surface area (TPSA) is 0 Å². The maximum atomic E-state index is 5.98. The zero-order chi connectivity index (χ0) is 9.19. The average Bonchev–Trinajstić information content (AvgIpc) is 2.36. The summed E-state index contributed by atoms with van der Waals surface area (Å²) in [5, 5.41) is 2.02. The summed E-state index contributed by atoms with van der Waals surface area (Å²) in [6, 6.07) is 2.07. The van der Waals surface area contributed by atoms with Crippen molar-refractivity contribution in [3.05, 3.63) is 21.3 Å². The zero-order valence-corrected chi connectivity index (χ0v) is 9.56. The van der Waals surface area contributed by atoms with Gasteiger partial charge in [-0.3, -0.25) is 0 Å². The third-order valence-corrected chi connectivity index (χ3v) is 3.70. The van der Waals surface area contributed by atoms with E-state index in [1.165, 1.54) is 5.56 Å². The largest absolute Gasteiger partial charge is 0.132 e. The second-order valence-corrected chi connectivity index (χ2v) is 5.48. The minimum absolute atomic E-state index is 0.145. The van der Waals surface area contributed by atoms with Crippen LogP contribution >= 0.6 is 34.5 Å². The number of thiophene rings is 1. The van der Waals surface area contributed by atoms with E-state index in [1.54, 1.807) is 11.3 Å². The summed E-state index contributed by atoms with van der Waals surface area (Å²) in [4.78, 5) is 0. The summed E-state index contributed by atoms with van der Waals surface area (Å²) in [5.41, 5.74) is 1.36. The molecule has 0 unspecified atom stereocenters. The number of alkyl halides is 1. The van der Waals surface area contributed by atoms with Crippen molar-refractivity contribution in [2.45, 2.75) is 20.3 Å². The maximum Gasteiger partial charge on any atom is 0.0960 e. The van der Waals surface area contributed by atoms with Crippen LogP contribution < -0.4 is 0 Å². The predicted octanol–water partition coefficient (Wildman–Crippen LogP) is 4.21. The van der Waals surface area contributed by atoms with Crippen molar-refractivity contribution in [3.8, 4) is 0 Å². The van der Waals surface area contributed by atoms with Crippen molar-refractivity contribution in [2.75, 3.05) is 5.88 Å². The van der Waals surface area contributed by atoms with Crippen LogP contribution in [0.1, 0.15) is 19.4 Å². The molecule has 0 aliphatic carbocycles. The Labute approximate surface area is 87.5 Å². The lowest BCUT2D eigenvalue weighted by Crippen LogP contribution is -2.16. The fourth-order valence-electron chi connectivity index (χ4n) is 1.01. The molecule has 0 saturated heterocycles. The molecule has 1 aromatic rings. The van der Waals surface area contributed by atoms with Gasteiger partial charge in [-0.1, -0.05) is 25.4 Å². The van der Waals surface area contributed by atoms with Crippen LogP contribution in [-0.2, 0) is 6.42 Å². The van der Waals surface area contributed by atoms with Crippen LogP contribution in [0.4, 0.5) is 0 Å². The van der Waals surface area contributed by atoms with Gasteiger partial charge in [-0.25, -0.2) is 0 Å². The van der Waals surface area contributed by atoms with Gasteiger partial charge in [-0.2, -0.15) is 0 Å². The van der Waals surface area contributed by atoms with E-state index in [-0.39, 0.29) is 5.41 Å². The van der Waals surface area contributed by atoms with Crippen LogP contribution in [-0.4, -0.2) is 5.88 Å². The van der Waals surface area contributed by atoms with Gasteiger partial charge in [0.1, 0.15) is 0 Å². The summed E-state index contributed by atoms with van der Waals surface area (Å²) < 4.78 is 0.896. The number of halogens is 2. The SMILES string of the molecule is CC(C)(CCl)Cc1ccsc1Cl. The Morgan fingerprint density at radius 2 is 2.17 bits per heavy atom. The number of hydrogen-bond acceptors (Lipinski definition) is 1. The van der Waals surface area contributed by atoms with Gasteiger partial charge in [0.25, 0.3) is 0 Å². The summed E-state index contributed by atoms with van der Waals surface area (Å²) >= 11 is 13.4. The molecular formula is C9H12Cl2S. The Morgan fingerprint density at radius 3 is 2.58 bits per heavy atom. The Hall–Kier alpha value is 0.280. The van der Waals surface area contributed by atoms with E-state index in [0.717, 1.165) is 10.8 Å². The highest BCUT2D eigenvalue weighted by molar-refractivity contribution is 7.14. The highest BCUT2D eigenvalue weighted by Gasteiger charge is 2.18. The number of rotatable bonds is 3. The van der Waals surface area contributed by atoms with Crippen molar-refractivity contribution in [2.24, 2.45) is 5.41 Å². The average molecular weight is 223 g/mol. The first-order valence-corrected chi connectivity index (χ1v) is 5.62. The van der Waals surface area contributed by atoms with Crippen LogP contribution in [0, 0.1) is 5.41 Å². The van der Waals surface area contributed by atoms with E-state index in [4.69, 9.17) is 23.2 Å². The standard InChI is InChI=1S/C9H12Cl2S/c1-9(2,6-10)5-7-3-4-12-8(7)11/h3-4H,5-6H2,1-2H3. The van der Waals surface area contributed by atoms with Gasteiger partial charge in [0.05, 0.1) is 4.34 Å². The van der Waals surface area contributed by atoms with Crippen LogP contribution in [0.15, 0.2) is 11.4 Å². The van der Waals surface area contributed by atoms with Gasteiger partial charge in [-0.05, 0) is 28.8 Å². The molecule has 0 nitrogen and oxygen atoms in total. The Morgan fingerprint density at radius 1 is 1.50 bits per heavy atom. The van der Waals surface area contributed by atoms with Crippen molar-refractivity contribution in [1.82, 2.24) is 0 Å². The molecule has 1 rings (SSSR count). The molecule has 0 aliphatic heterocycles. The van der Waals surface area contributed by atoms with Crippen LogP contribution in [0.3, 0.4) is 0 Å². The van der Waals surface area contributed by atoms with Gasteiger partial charge >= 0.3 is 0 Å². The Bertz CT molecular complexity index is 253. The molecule has 68 valence electrons. The first-order valence-electron chi connectivity index (χ1n) is 3.83. The maximum absolute atomic E-state index is 5.98. The van der Waals surface area contributed by atoms with Crippen molar-refractivity contribution >= 4 is 34.5 Å². The molecule has 0 saturated carbocycles. The van der Waals surface area contributed by atoms with Crippen LogP contribution in [0.5, 0.6) is 0 Å².